The lowest BCUT2D eigenvalue weighted by atomic mass is 10.7. The first kappa shape index (κ1) is 16.1. The Morgan fingerprint density at radius 2 is 1.06 bits per heavy atom. The molecular weight excluding hydrogens is 518 g/mol. The summed E-state index contributed by atoms with van der Waals surface area (Å²) in [7, 11) is 0. The lowest BCUT2D eigenvalue weighted by molar-refractivity contribution is -0.0335. The lowest BCUT2D eigenvalue weighted by Crippen LogP contribution is -2.00. The van der Waals surface area contributed by atoms with Gasteiger partial charge in [-0.2, -0.15) is 26.3 Å². The maximum absolute atomic E-state index is 12.1. The van der Waals surface area contributed by atoms with Crippen LogP contribution >= 0.6 is 68.7 Å². The molecule has 1 N–H and O–H groups in total. The second-order valence-electron chi connectivity index (χ2n) is 2.51. The van der Waals surface area contributed by atoms with Crippen molar-refractivity contribution in [3.8, 4) is 0 Å². The van der Waals surface area contributed by atoms with Gasteiger partial charge in [0.05, 0.1) is 17.2 Å². The molecule has 0 saturated carbocycles. The Bertz CT molecular complexity index is 375. The lowest BCUT2D eigenvalue weighted by Gasteiger charge is -2.04. The molecule has 0 bridgehead atoms. The summed E-state index contributed by atoms with van der Waals surface area (Å²) >= 11 is 2.23. The zero-order valence-electron chi connectivity index (χ0n) is 7.34. The number of rotatable bonds is 2. The van der Waals surface area contributed by atoms with Gasteiger partial charge >= 0.3 is 11.0 Å². The van der Waals surface area contributed by atoms with Crippen molar-refractivity contribution < 1.29 is 26.3 Å². The van der Waals surface area contributed by atoms with Gasteiger partial charge in [0, 0.05) is 23.5 Å². The van der Waals surface area contributed by atoms with E-state index in [-0.39, 0.29) is 17.2 Å². The maximum atomic E-state index is 12.1. The van der Waals surface area contributed by atoms with E-state index in [1.54, 1.807) is 45.2 Å². The van der Waals surface area contributed by atoms with Crippen LogP contribution in [0.5, 0.6) is 0 Å². The molecule has 0 radical (unpaired) electrons. The quantitative estimate of drug-likeness (QED) is 0.318. The van der Waals surface area contributed by atoms with Crippen molar-refractivity contribution in [1.29, 1.82) is 0 Å². The van der Waals surface area contributed by atoms with Crippen LogP contribution in [0.3, 0.4) is 0 Å². The average molecular weight is 519 g/mol. The fraction of sp³-hybridized carbons (Fsp3) is 0.333. The van der Waals surface area contributed by atoms with Crippen LogP contribution in [0.1, 0.15) is 0 Å². The molecule has 0 aliphatic carbocycles. The van der Waals surface area contributed by atoms with Crippen LogP contribution < -0.4 is 0 Å². The molecule has 1 aromatic rings. The number of alkyl halides is 6. The Morgan fingerprint density at radius 3 is 1.29 bits per heavy atom. The third-order valence-corrected chi connectivity index (χ3v) is 6.66. The van der Waals surface area contributed by atoms with Gasteiger partial charge < -0.3 is 4.98 Å². The fourth-order valence-electron chi connectivity index (χ4n) is 0.784. The van der Waals surface area contributed by atoms with E-state index in [0.717, 1.165) is 0 Å². The van der Waals surface area contributed by atoms with Crippen LogP contribution in [0.15, 0.2) is 10.1 Å². The highest BCUT2D eigenvalue weighted by Crippen LogP contribution is 2.45. The standard InChI is InChI=1S/C6HF6I2NS2/c7-5(8,9)16-3-1(13)2(14)4(15-3)17-6(10,11)12/h15H. The van der Waals surface area contributed by atoms with Gasteiger partial charge in [-0.25, -0.2) is 0 Å². The summed E-state index contributed by atoms with van der Waals surface area (Å²) in [5.41, 5.74) is -9.07. The van der Waals surface area contributed by atoms with Crippen molar-refractivity contribution in [2.24, 2.45) is 0 Å². The molecule has 1 heterocycles. The predicted molar refractivity (Wildman–Crippen MR) is 70.1 cm³/mol. The topological polar surface area (TPSA) is 15.8 Å². The molecule has 0 aliphatic heterocycles. The fourth-order valence-corrected chi connectivity index (χ4v) is 3.84. The van der Waals surface area contributed by atoms with E-state index in [0.29, 0.717) is 0 Å². The normalized spacial score (nSPS) is 13.2. The van der Waals surface area contributed by atoms with E-state index in [4.69, 9.17) is 0 Å². The monoisotopic (exact) mass is 519 g/mol. The van der Waals surface area contributed by atoms with E-state index in [1.807, 2.05) is 0 Å². The van der Waals surface area contributed by atoms with Gasteiger partial charge in [0.2, 0.25) is 0 Å². The summed E-state index contributed by atoms with van der Waals surface area (Å²) in [5, 5.41) is -0.650. The van der Waals surface area contributed by atoms with Crippen LogP contribution in [0.25, 0.3) is 0 Å². The number of nitrogens with one attached hydrogen (secondary N) is 1. The zero-order chi connectivity index (χ0) is 13.4. The van der Waals surface area contributed by atoms with Crippen LogP contribution in [0.2, 0.25) is 0 Å². The van der Waals surface area contributed by atoms with Crippen molar-refractivity contribution in [3.63, 3.8) is 0 Å². The van der Waals surface area contributed by atoms with E-state index in [9.17, 15) is 26.3 Å². The first-order chi connectivity index (χ1) is 7.49. The predicted octanol–water partition coefficient (Wildman–Crippen LogP) is 5.45. The molecule has 1 nitrogen and oxygen atoms in total. The molecule has 0 spiro atoms. The Balaban J connectivity index is 3.00. The minimum absolute atomic E-state index is 0.136. The number of aromatic amines is 1. The van der Waals surface area contributed by atoms with Crippen molar-refractivity contribution >= 4 is 68.7 Å². The molecule has 98 valence electrons. The number of halogens is 8. The van der Waals surface area contributed by atoms with Crippen molar-refractivity contribution in [2.45, 2.75) is 21.1 Å². The summed E-state index contributed by atoms with van der Waals surface area (Å²) in [6, 6.07) is 0. The van der Waals surface area contributed by atoms with E-state index < -0.39 is 34.5 Å². The Labute approximate surface area is 127 Å². The first-order valence-corrected chi connectivity index (χ1v) is 7.37. The second-order valence-corrected chi connectivity index (χ2v) is 6.81. The van der Waals surface area contributed by atoms with Crippen molar-refractivity contribution in [3.05, 3.63) is 7.14 Å². The molecule has 0 saturated heterocycles. The van der Waals surface area contributed by atoms with Crippen molar-refractivity contribution in [1.82, 2.24) is 4.98 Å². The summed E-state index contributed by atoms with van der Waals surface area (Å²) in [6.45, 7) is 0. The van der Waals surface area contributed by atoms with Gasteiger partial charge in [-0.05, 0) is 45.2 Å². The van der Waals surface area contributed by atoms with E-state index in [1.165, 1.54) is 0 Å². The molecular formula is C6HF6I2NS2. The number of aromatic nitrogens is 1. The Morgan fingerprint density at radius 1 is 0.765 bits per heavy atom. The van der Waals surface area contributed by atoms with Gasteiger partial charge in [0.15, 0.2) is 0 Å². The van der Waals surface area contributed by atoms with Crippen LogP contribution in [0, 0.1) is 7.14 Å². The second kappa shape index (κ2) is 5.56. The summed E-state index contributed by atoms with van der Waals surface area (Å²) in [6.07, 6.45) is 0. The van der Waals surface area contributed by atoms with Crippen molar-refractivity contribution in [2.75, 3.05) is 0 Å². The first-order valence-electron chi connectivity index (χ1n) is 3.58. The smallest absolute Gasteiger partial charge is 0.343 e. The zero-order valence-corrected chi connectivity index (χ0v) is 13.3. The molecule has 1 aromatic heterocycles. The minimum atomic E-state index is -4.53. The van der Waals surface area contributed by atoms with Crippen LogP contribution in [0.4, 0.5) is 26.3 Å². The van der Waals surface area contributed by atoms with Gasteiger partial charge in [-0.3, -0.25) is 0 Å². The highest BCUT2D eigenvalue weighted by molar-refractivity contribution is 14.1. The number of hydrogen-bond acceptors (Lipinski definition) is 2. The minimum Gasteiger partial charge on any atom is -0.343 e. The molecule has 1 rings (SSSR count). The average Bonchev–Trinajstić information content (AvgIpc) is 2.28. The number of thioether (sulfide) groups is 2. The third kappa shape index (κ3) is 5.26. The van der Waals surface area contributed by atoms with Crippen LogP contribution in [-0.2, 0) is 0 Å². The summed E-state index contributed by atoms with van der Waals surface area (Å²) in [5.74, 6) is 0. The molecule has 0 aromatic carbocycles. The molecule has 0 unspecified atom stereocenters. The third-order valence-electron chi connectivity index (χ3n) is 1.25. The van der Waals surface area contributed by atoms with Gasteiger partial charge in [0.1, 0.15) is 0 Å². The van der Waals surface area contributed by atoms with Gasteiger partial charge in [-0.1, -0.05) is 0 Å². The maximum Gasteiger partial charge on any atom is 0.447 e. The van der Waals surface area contributed by atoms with E-state index >= 15 is 0 Å². The number of H-pyrrole nitrogens is 1. The molecule has 17 heavy (non-hydrogen) atoms. The Hall–Kier alpha value is 1.02. The summed E-state index contributed by atoms with van der Waals surface area (Å²) in [4.78, 5) is 2.13. The number of hydrogen-bond donors (Lipinski definition) is 1. The molecule has 11 heteroatoms. The highest BCUT2D eigenvalue weighted by atomic mass is 127. The van der Waals surface area contributed by atoms with Gasteiger partial charge in [0.25, 0.3) is 0 Å². The highest BCUT2D eigenvalue weighted by Gasteiger charge is 2.35. The van der Waals surface area contributed by atoms with Crippen LogP contribution in [-0.4, -0.2) is 16.0 Å². The molecule has 0 atom stereocenters. The van der Waals surface area contributed by atoms with Gasteiger partial charge in [-0.15, -0.1) is 0 Å². The van der Waals surface area contributed by atoms with E-state index in [2.05, 4.69) is 4.98 Å². The largest absolute Gasteiger partial charge is 0.447 e. The molecule has 0 aliphatic rings. The molecule has 0 amide bonds. The SMILES string of the molecule is FC(F)(F)Sc1[nH]c(SC(F)(F)F)c(I)c1I. The summed E-state index contributed by atoms with van der Waals surface area (Å²) < 4.78 is 72.9. The molecule has 0 fully saturated rings. The Kier molecular flexibility index (Phi) is 5.26.